The largest absolute Gasteiger partial charge is 0.394 e. The van der Waals surface area contributed by atoms with Crippen LogP contribution < -0.4 is 10.2 Å². The first-order valence-corrected chi connectivity index (χ1v) is 8.33. The zero-order valence-electron chi connectivity index (χ0n) is 13.4. The molecule has 0 aliphatic carbocycles. The fourth-order valence-electron chi connectivity index (χ4n) is 3.00. The quantitative estimate of drug-likeness (QED) is 0.846. The Morgan fingerprint density at radius 1 is 1.38 bits per heavy atom. The Balaban J connectivity index is 2.06. The minimum Gasteiger partial charge on any atom is -0.394 e. The number of aliphatic hydroxyl groups excluding tert-OH is 1. The maximum absolute atomic E-state index is 9.62. The van der Waals surface area contributed by atoms with Gasteiger partial charge in [-0.1, -0.05) is 19.8 Å². The molecule has 2 unspecified atom stereocenters. The minimum absolute atomic E-state index is 0.232. The number of hydrogen-bond donors (Lipinski definition) is 2. The first-order chi connectivity index (χ1) is 10.3. The lowest BCUT2D eigenvalue weighted by molar-refractivity contribution is 0.255. The molecule has 0 aromatic carbocycles. The van der Waals surface area contributed by atoms with Gasteiger partial charge in [-0.15, -0.1) is 0 Å². The maximum atomic E-state index is 9.62. The zero-order valence-corrected chi connectivity index (χ0v) is 13.4. The lowest BCUT2D eigenvalue weighted by Crippen LogP contribution is -2.37. The molecule has 2 N–H and O–H groups in total. The van der Waals surface area contributed by atoms with E-state index in [2.05, 4.69) is 41.2 Å². The summed E-state index contributed by atoms with van der Waals surface area (Å²) in [6, 6.07) is 4.80. The molecule has 1 aromatic heterocycles. The summed E-state index contributed by atoms with van der Waals surface area (Å²) >= 11 is 0. The van der Waals surface area contributed by atoms with Crippen molar-refractivity contribution >= 4 is 5.69 Å². The van der Waals surface area contributed by atoms with E-state index < -0.39 is 0 Å². The molecule has 0 amide bonds. The summed E-state index contributed by atoms with van der Waals surface area (Å²) in [5, 5.41) is 13.1. The fraction of sp³-hybridized carbons (Fsp3) is 0.706. The molecule has 4 nitrogen and oxygen atoms in total. The molecule has 0 radical (unpaired) electrons. The van der Waals surface area contributed by atoms with Gasteiger partial charge in [0.25, 0.3) is 0 Å². The van der Waals surface area contributed by atoms with Crippen molar-refractivity contribution in [3.05, 3.63) is 24.0 Å². The molecular weight excluding hydrogens is 262 g/mol. The van der Waals surface area contributed by atoms with E-state index in [0.29, 0.717) is 0 Å². The van der Waals surface area contributed by atoms with Gasteiger partial charge in [0.2, 0.25) is 0 Å². The smallest absolute Gasteiger partial charge is 0.0635 e. The number of nitrogens with one attached hydrogen (secondary N) is 1. The summed E-state index contributed by atoms with van der Waals surface area (Å²) in [7, 11) is 0. The van der Waals surface area contributed by atoms with Crippen LogP contribution in [0.4, 0.5) is 5.69 Å². The number of aliphatic hydroxyl groups is 1. The van der Waals surface area contributed by atoms with Gasteiger partial charge in [0.15, 0.2) is 0 Å². The van der Waals surface area contributed by atoms with E-state index in [1.807, 2.05) is 6.20 Å². The number of rotatable bonds is 6. The predicted octanol–water partition coefficient (Wildman–Crippen LogP) is 2.88. The van der Waals surface area contributed by atoms with Crippen LogP contribution in [0.25, 0.3) is 0 Å². The highest BCUT2D eigenvalue weighted by Crippen LogP contribution is 2.24. The molecule has 1 aliphatic rings. The molecule has 2 heterocycles. The van der Waals surface area contributed by atoms with E-state index in [0.717, 1.165) is 37.3 Å². The molecule has 0 saturated carbocycles. The normalized spacial score (nSPS) is 21.1. The first kappa shape index (κ1) is 16.2. The molecule has 0 bridgehead atoms. The monoisotopic (exact) mass is 291 g/mol. The summed E-state index contributed by atoms with van der Waals surface area (Å²) in [5.74, 6) is 0. The number of anilines is 1. The van der Waals surface area contributed by atoms with E-state index in [-0.39, 0.29) is 18.7 Å². The van der Waals surface area contributed by atoms with Crippen LogP contribution in [0.15, 0.2) is 18.3 Å². The molecule has 118 valence electrons. The molecule has 1 saturated heterocycles. The van der Waals surface area contributed by atoms with Crippen molar-refractivity contribution in [1.82, 2.24) is 10.3 Å². The molecule has 0 spiro atoms. The van der Waals surface area contributed by atoms with Gasteiger partial charge in [-0.25, -0.2) is 0 Å². The van der Waals surface area contributed by atoms with Crippen molar-refractivity contribution in [2.75, 3.05) is 24.6 Å². The van der Waals surface area contributed by atoms with Crippen LogP contribution in [0, 0.1) is 0 Å². The third-order valence-electron chi connectivity index (χ3n) is 4.33. The SMILES string of the molecule is CCCNC(C)c1ccc(N2CCCCCC2CO)cn1. The van der Waals surface area contributed by atoms with E-state index in [9.17, 15) is 5.11 Å². The summed E-state index contributed by atoms with van der Waals surface area (Å²) in [4.78, 5) is 6.95. The van der Waals surface area contributed by atoms with Crippen LogP contribution in [-0.4, -0.2) is 35.8 Å². The second-order valence-electron chi connectivity index (χ2n) is 6.00. The number of hydrogen-bond acceptors (Lipinski definition) is 4. The van der Waals surface area contributed by atoms with E-state index in [1.165, 1.54) is 19.3 Å². The Morgan fingerprint density at radius 3 is 2.90 bits per heavy atom. The van der Waals surface area contributed by atoms with Gasteiger partial charge >= 0.3 is 0 Å². The fourth-order valence-corrected chi connectivity index (χ4v) is 3.00. The van der Waals surface area contributed by atoms with Gasteiger partial charge in [-0.2, -0.15) is 0 Å². The molecular formula is C17H29N3O. The van der Waals surface area contributed by atoms with Gasteiger partial charge in [0.1, 0.15) is 0 Å². The lowest BCUT2D eigenvalue weighted by Gasteiger charge is -2.30. The van der Waals surface area contributed by atoms with Gasteiger partial charge in [0, 0.05) is 12.6 Å². The molecule has 2 atom stereocenters. The number of nitrogens with zero attached hydrogens (tertiary/aromatic N) is 2. The second-order valence-corrected chi connectivity index (χ2v) is 6.00. The third-order valence-corrected chi connectivity index (χ3v) is 4.33. The Labute approximate surface area is 128 Å². The summed E-state index contributed by atoms with van der Waals surface area (Å²) in [5.41, 5.74) is 2.23. The van der Waals surface area contributed by atoms with Crippen LogP contribution >= 0.6 is 0 Å². The van der Waals surface area contributed by atoms with Crippen molar-refractivity contribution in [3.8, 4) is 0 Å². The average molecular weight is 291 g/mol. The average Bonchev–Trinajstić information content (AvgIpc) is 2.78. The predicted molar refractivity (Wildman–Crippen MR) is 87.6 cm³/mol. The van der Waals surface area contributed by atoms with Crippen molar-refractivity contribution in [2.24, 2.45) is 0 Å². The standard InChI is InChI=1S/C17H29N3O/c1-3-10-18-14(2)17-9-8-15(12-19-17)20-11-6-4-5-7-16(20)13-21/h8-9,12,14,16,18,21H,3-7,10-11,13H2,1-2H3. The summed E-state index contributed by atoms with van der Waals surface area (Å²) in [6.07, 6.45) is 7.85. The third kappa shape index (κ3) is 4.42. The highest BCUT2D eigenvalue weighted by molar-refractivity contribution is 5.46. The molecule has 4 heteroatoms. The summed E-state index contributed by atoms with van der Waals surface area (Å²) in [6.45, 7) is 6.60. The molecule has 2 rings (SSSR count). The summed E-state index contributed by atoms with van der Waals surface area (Å²) < 4.78 is 0. The molecule has 21 heavy (non-hydrogen) atoms. The topological polar surface area (TPSA) is 48.4 Å². The van der Waals surface area contributed by atoms with E-state index in [1.54, 1.807) is 0 Å². The first-order valence-electron chi connectivity index (χ1n) is 8.33. The maximum Gasteiger partial charge on any atom is 0.0635 e. The lowest BCUT2D eigenvalue weighted by atomic mass is 10.1. The highest BCUT2D eigenvalue weighted by Gasteiger charge is 2.21. The molecule has 1 fully saturated rings. The highest BCUT2D eigenvalue weighted by atomic mass is 16.3. The Kier molecular flexibility index (Phi) is 6.46. The Bertz CT molecular complexity index is 407. The van der Waals surface area contributed by atoms with Crippen molar-refractivity contribution < 1.29 is 5.11 Å². The van der Waals surface area contributed by atoms with Gasteiger partial charge in [-0.3, -0.25) is 4.98 Å². The van der Waals surface area contributed by atoms with Crippen LogP contribution in [0.2, 0.25) is 0 Å². The van der Waals surface area contributed by atoms with Crippen LogP contribution in [0.1, 0.15) is 57.7 Å². The van der Waals surface area contributed by atoms with Crippen LogP contribution in [0.3, 0.4) is 0 Å². The minimum atomic E-state index is 0.232. The Morgan fingerprint density at radius 2 is 2.24 bits per heavy atom. The molecule has 1 aromatic rings. The van der Waals surface area contributed by atoms with Crippen molar-refractivity contribution in [2.45, 2.75) is 58.0 Å². The van der Waals surface area contributed by atoms with Gasteiger partial charge in [0.05, 0.1) is 30.2 Å². The Hall–Kier alpha value is -1.13. The van der Waals surface area contributed by atoms with Crippen molar-refractivity contribution in [1.29, 1.82) is 0 Å². The van der Waals surface area contributed by atoms with Gasteiger partial charge in [-0.05, 0) is 44.9 Å². The van der Waals surface area contributed by atoms with Crippen molar-refractivity contribution in [3.63, 3.8) is 0 Å². The van der Waals surface area contributed by atoms with E-state index >= 15 is 0 Å². The second kappa shape index (κ2) is 8.35. The number of pyridine rings is 1. The van der Waals surface area contributed by atoms with Crippen LogP contribution in [-0.2, 0) is 0 Å². The van der Waals surface area contributed by atoms with Crippen LogP contribution in [0.5, 0.6) is 0 Å². The molecule has 1 aliphatic heterocycles. The van der Waals surface area contributed by atoms with E-state index in [4.69, 9.17) is 0 Å². The van der Waals surface area contributed by atoms with Gasteiger partial charge < -0.3 is 15.3 Å². The zero-order chi connectivity index (χ0) is 15.1. The number of aromatic nitrogens is 1.